The van der Waals surface area contributed by atoms with E-state index in [1.807, 2.05) is 6.07 Å². The molecule has 3 amide bonds. The molecular weight excluding hydrogens is 356 g/mol. The van der Waals surface area contributed by atoms with Gasteiger partial charge in [-0.1, -0.05) is 13.8 Å². The van der Waals surface area contributed by atoms with Crippen LogP contribution in [0.5, 0.6) is 0 Å². The molecule has 1 unspecified atom stereocenters. The summed E-state index contributed by atoms with van der Waals surface area (Å²) in [7, 11) is 0. The van der Waals surface area contributed by atoms with Crippen molar-refractivity contribution in [1.29, 1.82) is 0 Å². The first kappa shape index (κ1) is 19.1. The molecule has 4 rings (SSSR count). The number of rotatable bonds is 5. The van der Waals surface area contributed by atoms with Crippen LogP contribution < -0.4 is 15.5 Å². The van der Waals surface area contributed by atoms with E-state index in [2.05, 4.69) is 45.6 Å². The van der Waals surface area contributed by atoms with Crippen molar-refractivity contribution < 1.29 is 9.59 Å². The molecule has 3 aliphatic rings. The number of hydrogen-bond donors (Lipinski definition) is 2. The summed E-state index contributed by atoms with van der Waals surface area (Å²) in [6.07, 6.45) is 3.41. The van der Waals surface area contributed by atoms with Crippen molar-refractivity contribution in [1.82, 2.24) is 25.7 Å². The Labute approximate surface area is 166 Å². The Balaban J connectivity index is 1.40. The largest absolute Gasteiger partial charge is 0.355 e. The number of carbonyl (C=O) groups excluding carboxylic acids is 2. The van der Waals surface area contributed by atoms with Crippen molar-refractivity contribution in [2.75, 3.05) is 37.6 Å². The standard InChI is InChI=1S/C20H30N6O2/c1-14(2)13-26-19(28)22-18(27)20(26)6-9-25(10-7-20)17-4-3-16(23-24-17)11-15-5-8-21-12-15/h3-4,14-15,21H,5-13H2,1-2H3,(H,22,27,28). The van der Waals surface area contributed by atoms with Gasteiger partial charge < -0.3 is 15.1 Å². The molecule has 0 radical (unpaired) electrons. The van der Waals surface area contributed by atoms with Crippen LogP contribution in [0.2, 0.25) is 0 Å². The fourth-order valence-corrected chi connectivity index (χ4v) is 4.64. The molecule has 28 heavy (non-hydrogen) atoms. The fraction of sp³-hybridized carbons (Fsp3) is 0.700. The second kappa shape index (κ2) is 7.66. The zero-order valence-electron chi connectivity index (χ0n) is 16.8. The predicted octanol–water partition coefficient (Wildman–Crippen LogP) is 1.18. The Morgan fingerprint density at radius 3 is 2.61 bits per heavy atom. The second-order valence-corrected chi connectivity index (χ2v) is 8.73. The maximum Gasteiger partial charge on any atom is 0.325 e. The Bertz CT molecular complexity index is 721. The molecule has 0 bridgehead atoms. The third-order valence-electron chi connectivity index (χ3n) is 6.23. The zero-order chi connectivity index (χ0) is 19.7. The van der Waals surface area contributed by atoms with E-state index in [1.54, 1.807) is 4.90 Å². The highest BCUT2D eigenvalue weighted by Crippen LogP contribution is 2.35. The summed E-state index contributed by atoms with van der Waals surface area (Å²) in [4.78, 5) is 28.8. The van der Waals surface area contributed by atoms with Gasteiger partial charge in [0.15, 0.2) is 5.82 Å². The van der Waals surface area contributed by atoms with E-state index < -0.39 is 5.54 Å². The lowest BCUT2D eigenvalue weighted by Crippen LogP contribution is -2.57. The minimum absolute atomic E-state index is 0.149. The smallest absolute Gasteiger partial charge is 0.325 e. The molecule has 0 aromatic carbocycles. The molecule has 2 N–H and O–H groups in total. The number of nitrogens with one attached hydrogen (secondary N) is 2. The molecule has 0 aliphatic carbocycles. The van der Waals surface area contributed by atoms with Gasteiger partial charge in [-0.05, 0) is 62.7 Å². The SMILES string of the molecule is CC(C)CN1C(=O)NC(=O)C12CCN(c1ccc(CC3CCNC3)nn1)CC2. The van der Waals surface area contributed by atoms with Gasteiger partial charge in [0, 0.05) is 19.6 Å². The van der Waals surface area contributed by atoms with E-state index >= 15 is 0 Å². The lowest BCUT2D eigenvalue weighted by atomic mass is 9.85. The summed E-state index contributed by atoms with van der Waals surface area (Å²) in [6, 6.07) is 3.86. The fourth-order valence-electron chi connectivity index (χ4n) is 4.64. The van der Waals surface area contributed by atoms with Crippen LogP contribution in [0.25, 0.3) is 0 Å². The Morgan fingerprint density at radius 1 is 1.21 bits per heavy atom. The first-order valence-corrected chi connectivity index (χ1v) is 10.4. The van der Waals surface area contributed by atoms with Crippen LogP contribution in [0.15, 0.2) is 12.1 Å². The zero-order valence-corrected chi connectivity index (χ0v) is 16.8. The van der Waals surface area contributed by atoms with Crippen molar-refractivity contribution in [2.24, 2.45) is 11.8 Å². The van der Waals surface area contributed by atoms with Crippen molar-refractivity contribution in [3.63, 3.8) is 0 Å². The van der Waals surface area contributed by atoms with Gasteiger partial charge >= 0.3 is 6.03 Å². The molecule has 1 aromatic rings. The van der Waals surface area contributed by atoms with Gasteiger partial charge in [-0.15, -0.1) is 5.10 Å². The highest BCUT2D eigenvalue weighted by molar-refractivity contribution is 6.07. The van der Waals surface area contributed by atoms with E-state index in [1.165, 1.54) is 6.42 Å². The molecule has 1 aromatic heterocycles. The summed E-state index contributed by atoms with van der Waals surface area (Å²) < 4.78 is 0. The van der Waals surface area contributed by atoms with E-state index in [-0.39, 0.29) is 11.9 Å². The van der Waals surface area contributed by atoms with E-state index in [0.29, 0.717) is 44.3 Å². The third-order valence-corrected chi connectivity index (χ3v) is 6.23. The summed E-state index contributed by atoms with van der Waals surface area (Å²) in [5.74, 6) is 1.67. The molecular formula is C20H30N6O2. The number of urea groups is 1. The number of hydrogen-bond acceptors (Lipinski definition) is 6. The molecule has 3 fully saturated rings. The molecule has 4 heterocycles. The monoisotopic (exact) mass is 386 g/mol. The lowest BCUT2D eigenvalue weighted by molar-refractivity contribution is -0.127. The Morgan fingerprint density at radius 2 is 2.00 bits per heavy atom. The number of aromatic nitrogens is 2. The summed E-state index contributed by atoms with van der Waals surface area (Å²) in [6.45, 7) is 8.27. The summed E-state index contributed by atoms with van der Waals surface area (Å²) >= 11 is 0. The quantitative estimate of drug-likeness (QED) is 0.739. The Hall–Kier alpha value is -2.22. The molecule has 8 nitrogen and oxygen atoms in total. The van der Waals surface area contributed by atoms with Gasteiger partial charge in [-0.25, -0.2) is 4.79 Å². The molecule has 1 atom stereocenters. The van der Waals surface area contributed by atoms with Crippen LogP contribution in [-0.4, -0.2) is 65.3 Å². The molecule has 152 valence electrons. The molecule has 1 spiro atoms. The van der Waals surface area contributed by atoms with E-state index in [4.69, 9.17) is 0 Å². The normalized spacial score (nSPS) is 24.5. The first-order chi connectivity index (χ1) is 13.5. The van der Waals surface area contributed by atoms with Gasteiger partial charge in [0.1, 0.15) is 5.54 Å². The molecule has 0 saturated carbocycles. The number of piperidine rings is 1. The number of imide groups is 1. The molecule has 3 saturated heterocycles. The van der Waals surface area contributed by atoms with Gasteiger partial charge in [-0.2, -0.15) is 5.10 Å². The number of carbonyl (C=O) groups is 2. The van der Waals surface area contributed by atoms with E-state index in [9.17, 15) is 9.59 Å². The van der Waals surface area contributed by atoms with Crippen LogP contribution in [0.4, 0.5) is 10.6 Å². The lowest BCUT2D eigenvalue weighted by Gasteiger charge is -2.43. The van der Waals surface area contributed by atoms with Gasteiger partial charge in [0.2, 0.25) is 0 Å². The maximum absolute atomic E-state index is 12.6. The first-order valence-electron chi connectivity index (χ1n) is 10.4. The van der Waals surface area contributed by atoms with Crippen LogP contribution in [0.3, 0.4) is 0 Å². The summed E-state index contributed by atoms with van der Waals surface area (Å²) in [5, 5.41) is 14.8. The van der Waals surface area contributed by atoms with Gasteiger partial charge in [-0.3, -0.25) is 10.1 Å². The number of amides is 3. The number of anilines is 1. The van der Waals surface area contributed by atoms with Crippen LogP contribution >= 0.6 is 0 Å². The third kappa shape index (κ3) is 3.57. The van der Waals surface area contributed by atoms with Gasteiger partial charge in [0.25, 0.3) is 5.91 Å². The Kier molecular flexibility index (Phi) is 5.23. The molecule has 3 aliphatic heterocycles. The minimum Gasteiger partial charge on any atom is -0.355 e. The van der Waals surface area contributed by atoms with Crippen LogP contribution in [0, 0.1) is 11.8 Å². The predicted molar refractivity (Wildman–Crippen MR) is 106 cm³/mol. The highest BCUT2D eigenvalue weighted by Gasteiger charge is 2.54. The average molecular weight is 387 g/mol. The van der Waals surface area contributed by atoms with Gasteiger partial charge in [0.05, 0.1) is 5.69 Å². The van der Waals surface area contributed by atoms with E-state index in [0.717, 1.165) is 31.0 Å². The van der Waals surface area contributed by atoms with Crippen LogP contribution in [0.1, 0.15) is 38.8 Å². The van der Waals surface area contributed by atoms with Crippen molar-refractivity contribution in [3.05, 3.63) is 17.8 Å². The summed E-state index contributed by atoms with van der Waals surface area (Å²) in [5.41, 5.74) is 0.329. The van der Waals surface area contributed by atoms with Crippen molar-refractivity contribution >= 4 is 17.8 Å². The second-order valence-electron chi connectivity index (χ2n) is 8.73. The molecule has 8 heteroatoms. The highest BCUT2D eigenvalue weighted by atomic mass is 16.2. The van der Waals surface area contributed by atoms with Crippen molar-refractivity contribution in [2.45, 2.75) is 45.1 Å². The maximum atomic E-state index is 12.6. The number of nitrogens with zero attached hydrogens (tertiary/aromatic N) is 4. The van der Waals surface area contributed by atoms with Crippen molar-refractivity contribution in [3.8, 4) is 0 Å². The minimum atomic E-state index is -0.708. The average Bonchev–Trinajstić information content (AvgIpc) is 3.26. The van der Waals surface area contributed by atoms with Crippen LogP contribution in [-0.2, 0) is 11.2 Å². The topological polar surface area (TPSA) is 90.5 Å².